The van der Waals surface area contributed by atoms with Gasteiger partial charge in [0.15, 0.2) is 5.76 Å². The summed E-state index contributed by atoms with van der Waals surface area (Å²) in [4.78, 5) is 12.7. The van der Waals surface area contributed by atoms with Crippen LogP contribution in [0.3, 0.4) is 0 Å². The third kappa shape index (κ3) is 4.04. The molecule has 4 aromatic rings. The summed E-state index contributed by atoms with van der Waals surface area (Å²) in [6.45, 7) is 1.57. The van der Waals surface area contributed by atoms with Gasteiger partial charge in [-0.3, -0.25) is 0 Å². The first-order valence-electron chi connectivity index (χ1n) is 8.63. The molecule has 2 aromatic heterocycles. The number of benzene rings is 2. The van der Waals surface area contributed by atoms with Crippen molar-refractivity contribution in [1.82, 2.24) is 10.3 Å². The van der Waals surface area contributed by atoms with Crippen molar-refractivity contribution < 1.29 is 18.6 Å². The molecule has 0 unspecified atom stereocenters. The summed E-state index contributed by atoms with van der Waals surface area (Å²) >= 11 is 12.1. The van der Waals surface area contributed by atoms with E-state index in [1.807, 2.05) is 12.1 Å². The Hall–Kier alpha value is -3.09. The Labute approximate surface area is 176 Å². The van der Waals surface area contributed by atoms with Crippen LogP contribution in [-0.4, -0.2) is 16.3 Å². The summed E-state index contributed by atoms with van der Waals surface area (Å²) in [6, 6.07) is 15.9. The van der Waals surface area contributed by atoms with Gasteiger partial charge in [-0.05, 0) is 37.3 Å². The second kappa shape index (κ2) is 8.11. The summed E-state index contributed by atoms with van der Waals surface area (Å²) in [5.41, 5.74) is 2.43. The predicted octanol–water partition coefficient (Wildman–Crippen LogP) is 5.97. The van der Waals surface area contributed by atoms with Crippen molar-refractivity contribution in [2.24, 2.45) is 0 Å². The number of ether oxygens (including phenoxy) is 1. The van der Waals surface area contributed by atoms with Gasteiger partial charge in [-0.1, -0.05) is 51.7 Å². The highest BCUT2D eigenvalue weighted by atomic mass is 35.5. The first-order valence-corrected chi connectivity index (χ1v) is 9.38. The SMILES string of the molecule is Cc1onc(-c2ccccc2Cl)c1C(=O)OCc1cc(-c2ccc(Cl)cc2)on1. The molecule has 0 saturated carbocycles. The van der Waals surface area contributed by atoms with Crippen LogP contribution in [0.15, 0.2) is 63.6 Å². The van der Waals surface area contributed by atoms with E-state index in [0.29, 0.717) is 38.5 Å². The molecule has 2 heterocycles. The smallest absolute Gasteiger partial charge is 0.344 e. The van der Waals surface area contributed by atoms with Crippen LogP contribution in [0, 0.1) is 6.92 Å². The zero-order valence-electron chi connectivity index (χ0n) is 15.2. The van der Waals surface area contributed by atoms with Crippen LogP contribution in [0.5, 0.6) is 0 Å². The number of halogens is 2. The Morgan fingerprint density at radius 1 is 1.03 bits per heavy atom. The summed E-state index contributed by atoms with van der Waals surface area (Å²) in [5.74, 6) is 0.298. The molecule has 0 aliphatic heterocycles. The molecular weight excluding hydrogens is 415 g/mol. The molecular formula is C21H14Cl2N2O4. The topological polar surface area (TPSA) is 78.4 Å². The quantitative estimate of drug-likeness (QED) is 0.364. The average Bonchev–Trinajstić information content (AvgIpc) is 3.34. The fourth-order valence-electron chi connectivity index (χ4n) is 2.79. The van der Waals surface area contributed by atoms with Crippen molar-refractivity contribution >= 4 is 29.2 Å². The van der Waals surface area contributed by atoms with Crippen LogP contribution < -0.4 is 0 Å². The van der Waals surface area contributed by atoms with Gasteiger partial charge in [0.05, 0.1) is 5.02 Å². The third-order valence-electron chi connectivity index (χ3n) is 4.23. The molecule has 146 valence electrons. The van der Waals surface area contributed by atoms with Gasteiger partial charge in [-0.15, -0.1) is 0 Å². The van der Waals surface area contributed by atoms with Crippen molar-refractivity contribution in [3.05, 3.63) is 81.7 Å². The summed E-state index contributed by atoms with van der Waals surface area (Å²) in [7, 11) is 0. The van der Waals surface area contributed by atoms with E-state index in [1.165, 1.54) is 0 Å². The number of carbonyl (C=O) groups excluding carboxylic acids is 1. The summed E-state index contributed by atoms with van der Waals surface area (Å²) in [5, 5.41) is 8.99. The number of esters is 1. The fraction of sp³-hybridized carbons (Fsp3) is 0.0952. The maximum Gasteiger partial charge on any atom is 0.344 e. The predicted molar refractivity (Wildman–Crippen MR) is 108 cm³/mol. The van der Waals surface area contributed by atoms with Gasteiger partial charge in [-0.25, -0.2) is 4.79 Å². The van der Waals surface area contributed by atoms with E-state index < -0.39 is 5.97 Å². The van der Waals surface area contributed by atoms with Crippen molar-refractivity contribution in [2.45, 2.75) is 13.5 Å². The molecule has 0 radical (unpaired) electrons. The molecule has 0 atom stereocenters. The fourth-order valence-corrected chi connectivity index (χ4v) is 3.14. The maximum absolute atomic E-state index is 12.7. The van der Waals surface area contributed by atoms with E-state index in [2.05, 4.69) is 10.3 Å². The molecule has 0 amide bonds. The van der Waals surface area contributed by atoms with Crippen LogP contribution in [0.1, 0.15) is 21.8 Å². The normalized spacial score (nSPS) is 10.9. The minimum Gasteiger partial charge on any atom is -0.455 e. The lowest BCUT2D eigenvalue weighted by molar-refractivity contribution is 0.0463. The molecule has 8 heteroatoms. The molecule has 2 aromatic carbocycles. The first kappa shape index (κ1) is 19.2. The van der Waals surface area contributed by atoms with E-state index in [4.69, 9.17) is 37.0 Å². The second-order valence-corrected chi connectivity index (χ2v) is 7.05. The lowest BCUT2D eigenvalue weighted by Gasteiger charge is -2.04. The Morgan fingerprint density at radius 3 is 2.55 bits per heavy atom. The highest BCUT2D eigenvalue weighted by Crippen LogP contribution is 2.31. The third-order valence-corrected chi connectivity index (χ3v) is 4.82. The van der Waals surface area contributed by atoms with Gasteiger partial charge < -0.3 is 13.8 Å². The number of rotatable bonds is 5. The van der Waals surface area contributed by atoms with Gasteiger partial charge in [0.2, 0.25) is 0 Å². The molecule has 0 aliphatic carbocycles. The Bertz CT molecular complexity index is 1170. The zero-order chi connectivity index (χ0) is 20.4. The second-order valence-electron chi connectivity index (χ2n) is 6.21. The molecule has 0 bridgehead atoms. The Balaban J connectivity index is 1.51. The monoisotopic (exact) mass is 428 g/mol. The lowest BCUT2D eigenvalue weighted by Crippen LogP contribution is -2.07. The van der Waals surface area contributed by atoms with E-state index in [9.17, 15) is 4.79 Å². The van der Waals surface area contributed by atoms with E-state index in [1.54, 1.807) is 49.4 Å². The molecule has 6 nitrogen and oxygen atoms in total. The number of aromatic nitrogens is 2. The van der Waals surface area contributed by atoms with E-state index in [0.717, 1.165) is 5.56 Å². The van der Waals surface area contributed by atoms with Crippen molar-refractivity contribution in [3.8, 4) is 22.6 Å². The van der Waals surface area contributed by atoms with Gasteiger partial charge in [-0.2, -0.15) is 0 Å². The van der Waals surface area contributed by atoms with Gasteiger partial charge in [0.1, 0.15) is 29.3 Å². The van der Waals surface area contributed by atoms with Crippen molar-refractivity contribution in [2.75, 3.05) is 0 Å². The molecule has 4 rings (SSSR count). The van der Waals surface area contributed by atoms with Crippen LogP contribution in [-0.2, 0) is 11.3 Å². The highest BCUT2D eigenvalue weighted by molar-refractivity contribution is 6.33. The molecule has 29 heavy (non-hydrogen) atoms. The van der Waals surface area contributed by atoms with Gasteiger partial charge in [0.25, 0.3) is 0 Å². The van der Waals surface area contributed by atoms with Crippen LogP contribution in [0.25, 0.3) is 22.6 Å². The Kier molecular flexibility index (Phi) is 5.38. The number of hydrogen-bond acceptors (Lipinski definition) is 6. The van der Waals surface area contributed by atoms with Crippen LogP contribution in [0.4, 0.5) is 0 Å². The van der Waals surface area contributed by atoms with E-state index >= 15 is 0 Å². The van der Waals surface area contributed by atoms with Gasteiger partial charge in [0, 0.05) is 22.2 Å². The van der Waals surface area contributed by atoms with Crippen LogP contribution >= 0.6 is 23.2 Å². The molecule has 0 N–H and O–H groups in total. The zero-order valence-corrected chi connectivity index (χ0v) is 16.7. The largest absolute Gasteiger partial charge is 0.455 e. The van der Waals surface area contributed by atoms with E-state index in [-0.39, 0.29) is 12.2 Å². The highest BCUT2D eigenvalue weighted by Gasteiger charge is 2.24. The average molecular weight is 429 g/mol. The lowest BCUT2D eigenvalue weighted by atomic mass is 10.1. The summed E-state index contributed by atoms with van der Waals surface area (Å²) in [6.07, 6.45) is 0. The standard InChI is InChI=1S/C21H14Cl2N2O4/c1-12-19(20(25-28-12)16-4-2-3-5-17(16)23)21(26)27-11-15-10-18(29-24-15)13-6-8-14(22)9-7-13/h2-10H,11H2,1H3. The minimum atomic E-state index is -0.588. The first-order chi connectivity index (χ1) is 14.0. The minimum absolute atomic E-state index is 0.0670. The number of hydrogen-bond donors (Lipinski definition) is 0. The molecule has 0 fully saturated rings. The molecule has 0 spiro atoms. The Morgan fingerprint density at radius 2 is 1.79 bits per heavy atom. The maximum atomic E-state index is 12.7. The summed E-state index contributed by atoms with van der Waals surface area (Å²) < 4.78 is 15.9. The van der Waals surface area contributed by atoms with Crippen molar-refractivity contribution in [1.29, 1.82) is 0 Å². The molecule has 0 aliphatic rings. The number of carbonyl (C=O) groups is 1. The van der Waals surface area contributed by atoms with Gasteiger partial charge >= 0.3 is 5.97 Å². The number of aryl methyl sites for hydroxylation is 1. The number of nitrogens with zero attached hydrogens (tertiary/aromatic N) is 2. The van der Waals surface area contributed by atoms with Crippen LogP contribution in [0.2, 0.25) is 10.0 Å². The molecule has 0 saturated heterocycles. The van der Waals surface area contributed by atoms with Crippen molar-refractivity contribution in [3.63, 3.8) is 0 Å².